The zero-order chi connectivity index (χ0) is 12.8. The minimum Gasteiger partial charge on any atom is -0.497 e. The summed E-state index contributed by atoms with van der Waals surface area (Å²) in [7, 11) is 1.72. The Morgan fingerprint density at radius 3 is 2.94 bits per heavy atom. The second-order valence-electron chi connectivity index (χ2n) is 5.65. The summed E-state index contributed by atoms with van der Waals surface area (Å²) in [6, 6.07) is 6.43. The molecule has 2 nitrogen and oxygen atoms in total. The molecule has 3 rings (SSSR count). The predicted molar refractivity (Wildman–Crippen MR) is 72.0 cm³/mol. The van der Waals surface area contributed by atoms with E-state index >= 15 is 0 Å². The summed E-state index contributed by atoms with van der Waals surface area (Å²) in [6.45, 7) is 2.31. The van der Waals surface area contributed by atoms with Gasteiger partial charge in [0.15, 0.2) is 0 Å². The van der Waals surface area contributed by atoms with Crippen LogP contribution < -0.4 is 4.74 Å². The standard InChI is InChI=1S/C16H20O2/c1-16-8-7-13(17)9-12(16)5-3-11-4-6-14(18-2)10-15(11)16/h4,6,9-10,13,17H,3,5,7-8H2,1-2H3/t13?,16-/m1/s1. The van der Waals surface area contributed by atoms with Gasteiger partial charge in [-0.05, 0) is 48.9 Å². The number of aliphatic hydroxyl groups excluding tert-OH is 1. The van der Waals surface area contributed by atoms with Crippen molar-refractivity contribution in [3.63, 3.8) is 0 Å². The number of fused-ring (bicyclic) bond motifs is 3. The SMILES string of the molecule is COc1ccc2c(c1)[C@]1(C)CCC(O)C=C1CC2. The molecule has 2 heteroatoms. The van der Waals surface area contributed by atoms with Gasteiger partial charge in [-0.1, -0.05) is 24.6 Å². The van der Waals surface area contributed by atoms with Crippen LogP contribution in [0.25, 0.3) is 0 Å². The summed E-state index contributed by atoms with van der Waals surface area (Å²) in [4.78, 5) is 0. The van der Waals surface area contributed by atoms with Crippen LogP contribution in [0, 0.1) is 0 Å². The maximum absolute atomic E-state index is 9.81. The van der Waals surface area contributed by atoms with Crippen LogP contribution in [0.5, 0.6) is 5.75 Å². The third kappa shape index (κ3) is 1.67. The maximum atomic E-state index is 9.81. The van der Waals surface area contributed by atoms with Crippen molar-refractivity contribution in [2.75, 3.05) is 7.11 Å². The molecule has 2 atom stereocenters. The summed E-state index contributed by atoms with van der Waals surface area (Å²) in [5.41, 5.74) is 4.33. The van der Waals surface area contributed by atoms with E-state index in [9.17, 15) is 5.11 Å². The van der Waals surface area contributed by atoms with Gasteiger partial charge in [0, 0.05) is 5.41 Å². The number of aryl methyl sites for hydroxylation is 1. The topological polar surface area (TPSA) is 29.5 Å². The Labute approximate surface area is 108 Å². The second kappa shape index (κ2) is 4.13. The third-order valence-electron chi connectivity index (χ3n) is 4.62. The van der Waals surface area contributed by atoms with Crippen LogP contribution in [0.4, 0.5) is 0 Å². The largest absolute Gasteiger partial charge is 0.497 e. The van der Waals surface area contributed by atoms with Gasteiger partial charge in [0.05, 0.1) is 13.2 Å². The average Bonchev–Trinajstić information content (AvgIpc) is 2.39. The van der Waals surface area contributed by atoms with Gasteiger partial charge in [0.25, 0.3) is 0 Å². The second-order valence-corrected chi connectivity index (χ2v) is 5.65. The zero-order valence-electron chi connectivity index (χ0n) is 11.1. The summed E-state index contributed by atoms with van der Waals surface area (Å²) >= 11 is 0. The normalized spacial score (nSPS) is 30.2. The van der Waals surface area contributed by atoms with Crippen molar-refractivity contribution in [2.45, 2.75) is 44.1 Å². The highest BCUT2D eigenvalue weighted by Gasteiger charge is 2.38. The molecule has 2 aliphatic rings. The molecule has 0 aliphatic heterocycles. The van der Waals surface area contributed by atoms with E-state index in [-0.39, 0.29) is 11.5 Å². The van der Waals surface area contributed by atoms with Crippen molar-refractivity contribution < 1.29 is 9.84 Å². The zero-order valence-corrected chi connectivity index (χ0v) is 11.1. The number of methoxy groups -OCH3 is 1. The molecule has 1 aromatic carbocycles. The van der Waals surface area contributed by atoms with Crippen LogP contribution in [0.3, 0.4) is 0 Å². The first-order valence-electron chi connectivity index (χ1n) is 6.70. The number of hydrogen-bond acceptors (Lipinski definition) is 2. The van der Waals surface area contributed by atoms with Crippen LogP contribution >= 0.6 is 0 Å². The van der Waals surface area contributed by atoms with Crippen LogP contribution in [0.1, 0.15) is 37.3 Å². The molecule has 1 aromatic rings. The fourth-order valence-electron chi connectivity index (χ4n) is 3.45. The molecule has 1 N–H and O–H groups in total. The lowest BCUT2D eigenvalue weighted by molar-refractivity contribution is 0.183. The first kappa shape index (κ1) is 11.8. The Bertz CT molecular complexity index is 504. The lowest BCUT2D eigenvalue weighted by Crippen LogP contribution is -2.35. The highest BCUT2D eigenvalue weighted by molar-refractivity contribution is 5.49. The van der Waals surface area contributed by atoms with Gasteiger partial charge in [0.2, 0.25) is 0 Å². The molecule has 0 heterocycles. The van der Waals surface area contributed by atoms with E-state index in [0.29, 0.717) is 0 Å². The van der Waals surface area contributed by atoms with Gasteiger partial charge in [-0.3, -0.25) is 0 Å². The van der Waals surface area contributed by atoms with Crippen LogP contribution in [-0.2, 0) is 11.8 Å². The molecule has 0 saturated carbocycles. The smallest absolute Gasteiger partial charge is 0.119 e. The molecular formula is C16H20O2. The van der Waals surface area contributed by atoms with Crippen LogP contribution in [0.2, 0.25) is 0 Å². The number of hydrogen-bond donors (Lipinski definition) is 1. The molecule has 0 aromatic heterocycles. The van der Waals surface area contributed by atoms with Crippen molar-refractivity contribution in [1.29, 1.82) is 0 Å². The Hall–Kier alpha value is -1.28. The predicted octanol–water partition coefficient (Wildman–Crippen LogP) is 2.98. The quantitative estimate of drug-likeness (QED) is 0.770. The first-order chi connectivity index (χ1) is 8.63. The number of ether oxygens (including phenoxy) is 1. The molecule has 0 amide bonds. The van der Waals surface area contributed by atoms with Gasteiger partial charge in [-0.15, -0.1) is 0 Å². The first-order valence-corrected chi connectivity index (χ1v) is 6.70. The van der Waals surface area contributed by atoms with Gasteiger partial charge in [-0.2, -0.15) is 0 Å². The summed E-state index contributed by atoms with van der Waals surface area (Å²) in [6.07, 6.45) is 5.86. The molecule has 1 unspecified atom stereocenters. The lowest BCUT2D eigenvalue weighted by Gasteiger charge is -2.42. The number of aliphatic hydroxyl groups is 1. The van der Waals surface area contributed by atoms with E-state index in [0.717, 1.165) is 31.4 Å². The van der Waals surface area contributed by atoms with E-state index in [1.54, 1.807) is 7.11 Å². The molecule has 0 fully saturated rings. The Kier molecular flexibility index (Phi) is 2.70. The van der Waals surface area contributed by atoms with E-state index in [4.69, 9.17) is 4.74 Å². The van der Waals surface area contributed by atoms with Gasteiger partial charge in [-0.25, -0.2) is 0 Å². The molecule has 0 saturated heterocycles. The van der Waals surface area contributed by atoms with Crippen molar-refractivity contribution in [3.05, 3.63) is 41.0 Å². The van der Waals surface area contributed by atoms with Crippen LogP contribution in [0.15, 0.2) is 29.8 Å². The fourth-order valence-corrected chi connectivity index (χ4v) is 3.45. The fraction of sp³-hybridized carbons (Fsp3) is 0.500. The number of rotatable bonds is 1. The lowest BCUT2D eigenvalue weighted by atomic mass is 9.63. The number of benzene rings is 1. The highest BCUT2D eigenvalue weighted by Crippen LogP contribution is 2.47. The number of allylic oxidation sites excluding steroid dienone is 1. The molecule has 0 radical (unpaired) electrons. The van der Waals surface area contributed by atoms with Crippen molar-refractivity contribution >= 4 is 0 Å². The monoisotopic (exact) mass is 244 g/mol. The molecule has 18 heavy (non-hydrogen) atoms. The summed E-state index contributed by atoms with van der Waals surface area (Å²) in [5.74, 6) is 0.933. The minimum absolute atomic E-state index is 0.0986. The molecule has 0 bridgehead atoms. The van der Waals surface area contributed by atoms with E-state index in [1.165, 1.54) is 16.7 Å². The van der Waals surface area contributed by atoms with Crippen molar-refractivity contribution in [2.24, 2.45) is 0 Å². The Morgan fingerprint density at radius 2 is 2.17 bits per heavy atom. The molecule has 0 spiro atoms. The van der Waals surface area contributed by atoms with Crippen molar-refractivity contribution in [3.8, 4) is 5.75 Å². The summed E-state index contributed by atoms with van der Waals surface area (Å²) in [5, 5.41) is 9.81. The average molecular weight is 244 g/mol. The Morgan fingerprint density at radius 1 is 1.33 bits per heavy atom. The van der Waals surface area contributed by atoms with Gasteiger partial charge in [0.1, 0.15) is 5.75 Å². The van der Waals surface area contributed by atoms with Crippen molar-refractivity contribution in [1.82, 2.24) is 0 Å². The van der Waals surface area contributed by atoms with E-state index < -0.39 is 0 Å². The Balaban J connectivity index is 2.13. The summed E-state index contributed by atoms with van der Waals surface area (Å²) < 4.78 is 5.36. The van der Waals surface area contributed by atoms with Crippen LogP contribution in [-0.4, -0.2) is 18.3 Å². The maximum Gasteiger partial charge on any atom is 0.119 e. The third-order valence-corrected chi connectivity index (χ3v) is 4.62. The molecular weight excluding hydrogens is 224 g/mol. The van der Waals surface area contributed by atoms with Gasteiger partial charge < -0.3 is 9.84 Å². The van der Waals surface area contributed by atoms with Gasteiger partial charge >= 0.3 is 0 Å². The molecule has 96 valence electrons. The minimum atomic E-state index is -0.250. The highest BCUT2D eigenvalue weighted by atomic mass is 16.5. The van der Waals surface area contributed by atoms with E-state index in [1.807, 2.05) is 0 Å². The molecule has 2 aliphatic carbocycles. The van der Waals surface area contributed by atoms with E-state index in [2.05, 4.69) is 31.2 Å².